The third-order valence-corrected chi connectivity index (χ3v) is 3.63. The summed E-state index contributed by atoms with van der Waals surface area (Å²) in [7, 11) is 0. The van der Waals surface area contributed by atoms with E-state index in [1.807, 2.05) is 30.3 Å². The number of nitrogens with zero attached hydrogens (tertiary/aromatic N) is 2. The van der Waals surface area contributed by atoms with E-state index in [0.717, 1.165) is 23.8 Å². The number of carbonyl (C=O) groups excluding carboxylic acids is 1. The Morgan fingerprint density at radius 3 is 2.48 bits per heavy atom. The molecule has 27 heavy (non-hydrogen) atoms. The van der Waals surface area contributed by atoms with Crippen LogP contribution in [0.5, 0.6) is 5.75 Å². The Morgan fingerprint density at radius 2 is 1.81 bits per heavy atom. The van der Waals surface area contributed by atoms with Gasteiger partial charge in [0, 0.05) is 0 Å². The second kappa shape index (κ2) is 7.86. The third kappa shape index (κ3) is 4.81. The van der Waals surface area contributed by atoms with Crippen molar-refractivity contribution in [3.05, 3.63) is 83.7 Å². The summed E-state index contributed by atoms with van der Waals surface area (Å²) in [6, 6.07) is 13.4. The summed E-state index contributed by atoms with van der Waals surface area (Å²) in [5.74, 6) is -0.691. The van der Waals surface area contributed by atoms with Gasteiger partial charge in [0.25, 0.3) is 5.91 Å². The van der Waals surface area contributed by atoms with Crippen molar-refractivity contribution in [1.82, 2.24) is 10.2 Å². The molecule has 0 bridgehead atoms. The molecule has 0 radical (unpaired) electrons. The minimum atomic E-state index is -4.58. The average Bonchev–Trinajstić information content (AvgIpc) is 2.67. The summed E-state index contributed by atoms with van der Waals surface area (Å²) in [5.41, 5.74) is -0.0337. The lowest BCUT2D eigenvalue weighted by Crippen LogP contribution is -2.16. The molecule has 1 amide bonds. The highest BCUT2D eigenvalue weighted by Gasteiger charge is 2.32. The van der Waals surface area contributed by atoms with Gasteiger partial charge >= 0.3 is 6.18 Å². The molecule has 5 nitrogen and oxygen atoms in total. The van der Waals surface area contributed by atoms with Gasteiger partial charge in [0.15, 0.2) is 0 Å². The SMILES string of the molecule is O=C(Nc1ccnnc1)c1cc(C(F)(F)F)ccc1OCc1ccccc1. The first-order valence-corrected chi connectivity index (χ1v) is 7.89. The van der Waals surface area contributed by atoms with Crippen molar-refractivity contribution in [1.29, 1.82) is 0 Å². The topological polar surface area (TPSA) is 64.1 Å². The number of hydrogen-bond donors (Lipinski definition) is 1. The lowest BCUT2D eigenvalue weighted by Gasteiger charge is -2.14. The van der Waals surface area contributed by atoms with Gasteiger partial charge in [-0.1, -0.05) is 30.3 Å². The molecular weight excluding hydrogens is 359 g/mol. The van der Waals surface area contributed by atoms with Crippen LogP contribution in [0.2, 0.25) is 0 Å². The number of aromatic nitrogens is 2. The fourth-order valence-corrected chi connectivity index (χ4v) is 2.31. The first-order valence-electron chi connectivity index (χ1n) is 7.89. The molecule has 0 aliphatic carbocycles. The summed E-state index contributed by atoms with van der Waals surface area (Å²) < 4.78 is 44.7. The van der Waals surface area contributed by atoms with Crippen LogP contribution < -0.4 is 10.1 Å². The van der Waals surface area contributed by atoms with E-state index in [1.165, 1.54) is 18.5 Å². The summed E-state index contributed by atoms with van der Waals surface area (Å²) in [5, 5.41) is 9.67. The molecule has 0 atom stereocenters. The molecule has 0 saturated heterocycles. The predicted octanol–water partition coefficient (Wildman–Crippen LogP) is 4.33. The van der Waals surface area contributed by atoms with E-state index in [4.69, 9.17) is 4.74 Å². The lowest BCUT2D eigenvalue weighted by atomic mass is 10.1. The van der Waals surface area contributed by atoms with Crippen molar-refractivity contribution in [3.8, 4) is 5.75 Å². The molecule has 1 aromatic heterocycles. The van der Waals surface area contributed by atoms with Crippen LogP contribution >= 0.6 is 0 Å². The van der Waals surface area contributed by atoms with E-state index in [0.29, 0.717) is 5.69 Å². The summed E-state index contributed by atoms with van der Waals surface area (Å²) in [4.78, 5) is 12.5. The van der Waals surface area contributed by atoms with Gasteiger partial charge in [0.05, 0.1) is 29.2 Å². The van der Waals surface area contributed by atoms with Crippen LogP contribution in [0.4, 0.5) is 18.9 Å². The van der Waals surface area contributed by atoms with Gasteiger partial charge in [0.2, 0.25) is 0 Å². The quantitative estimate of drug-likeness (QED) is 0.723. The molecule has 0 aliphatic rings. The van der Waals surface area contributed by atoms with Crippen LogP contribution in [0.1, 0.15) is 21.5 Å². The highest BCUT2D eigenvalue weighted by Crippen LogP contribution is 2.33. The molecule has 1 N–H and O–H groups in total. The molecule has 2 aromatic carbocycles. The van der Waals surface area contributed by atoms with Gasteiger partial charge in [-0.2, -0.15) is 23.4 Å². The van der Waals surface area contributed by atoms with Gasteiger partial charge in [-0.3, -0.25) is 4.79 Å². The molecule has 0 fully saturated rings. The number of ether oxygens (including phenoxy) is 1. The van der Waals surface area contributed by atoms with Gasteiger partial charge in [0.1, 0.15) is 12.4 Å². The molecule has 0 unspecified atom stereocenters. The molecular formula is C19H14F3N3O2. The Labute approximate surface area is 152 Å². The number of carbonyl (C=O) groups is 1. The van der Waals surface area contributed by atoms with Gasteiger partial charge in [-0.05, 0) is 29.8 Å². The number of halogens is 3. The monoisotopic (exact) mass is 373 g/mol. The number of alkyl halides is 3. The van der Waals surface area contributed by atoms with E-state index in [9.17, 15) is 18.0 Å². The molecule has 3 aromatic rings. The zero-order valence-corrected chi connectivity index (χ0v) is 13.9. The minimum Gasteiger partial charge on any atom is -0.488 e. The van der Waals surface area contributed by atoms with Crippen molar-refractivity contribution in [3.63, 3.8) is 0 Å². The number of nitrogens with one attached hydrogen (secondary N) is 1. The van der Waals surface area contributed by atoms with Crippen molar-refractivity contribution in [2.24, 2.45) is 0 Å². The van der Waals surface area contributed by atoms with Gasteiger partial charge in [-0.15, -0.1) is 0 Å². The van der Waals surface area contributed by atoms with Crippen LogP contribution in [0.25, 0.3) is 0 Å². The molecule has 0 saturated carbocycles. The summed E-state index contributed by atoms with van der Waals surface area (Å²) >= 11 is 0. The lowest BCUT2D eigenvalue weighted by molar-refractivity contribution is -0.137. The maximum atomic E-state index is 13.0. The zero-order valence-electron chi connectivity index (χ0n) is 13.9. The predicted molar refractivity (Wildman–Crippen MR) is 92.2 cm³/mol. The number of anilines is 1. The Morgan fingerprint density at radius 1 is 1.04 bits per heavy atom. The fraction of sp³-hybridized carbons (Fsp3) is 0.105. The summed E-state index contributed by atoms with van der Waals surface area (Å²) in [6.45, 7) is 0.114. The average molecular weight is 373 g/mol. The van der Waals surface area contributed by atoms with Crippen LogP contribution in [-0.4, -0.2) is 16.1 Å². The van der Waals surface area contributed by atoms with Crippen LogP contribution in [0, 0.1) is 0 Å². The molecule has 0 spiro atoms. The molecule has 1 heterocycles. The first-order chi connectivity index (χ1) is 12.9. The van der Waals surface area contributed by atoms with Crippen LogP contribution in [0.3, 0.4) is 0 Å². The minimum absolute atomic E-state index is 0.0476. The number of benzene rings is 2. The smallest absolute Gasteiger partial charge is 0.416 e. The molecule has 3 rings (SSSR count). The first kappa shape index (κ1) is 18.4. The third-order valence-electron chi connectivity index (χ3n) is 3.63. The fourth-order valence-electron chi connectivity index (χ4n) is 2.31. The van der Waals surface area contributed by atoms with Crippen molar-refractivity contribution in [2.45, 2.75) is 12.8 Å². The van der Waals surface area contributed by atoms with Gasteiger partial charge < -0.3 is 10.1 Å². The van der Waals surface area contributed by atoms with Crippen molar-refractivity contribution in [2.75, 3.05) is 5.32 Å². The maximum Gasteiger partial charge on any atom is 0.416 e. The Hall–Kier alpha value is -3.42. The van der Waals surface area contributed by atoms with Crippen molar-refractivity contribution >= 4 is 11.6 Å². The second-order valence-electron chi connectivity index (χ2n) is 5.57. The highest BCUT2D eigenvalue weighted by atomic mass is 19.4. The number of hydrogen-bond acceptors (Lipinski definition) is 4. The van der Waals surface area contributed by atoms with E-state index in [-0.39, 0.29) is 17.9 Å². The largest absolute Gasteiger partial charge is 0.488 e. The normalized spacial score (nSPS) is 11.1. The molecule has 8 heteroatoms. The van der Waals surface area contributed by atoms with Crippen molar-refractivity contribution < 1.29 is 22.7 Å². The van der Waals surface area contributed by atoms with E-state index >= 15 is 0 Å². The highest BCUT2D eigenvalue weighted by molar-refractivity contribution is 6.06. The van der Waals surface area contributed by atoms with Crippen LogP contribution in [-0.2, 0) is 12.8 Å². The Kier molecular flexibility index (Phi) is 5.35. The van der Waals surface area contributed by atoms with E-state index < -0.39 is 17.6 Å². The standard InChI is InChI=1S/C19H14F3N3O2/c20-19(21,22)14-6-7-17(27-12-13-4-2-1-3-5-13)16(10-14)18(26)25-15-8-9-23-24-11-15/h1-11H,12H2,(H,23,25,26). The Bertz CT molecular complexity index is 916. The number of amides is 1. The maximum absolute atomic E-state index is 13.0. The number of rotatable bonds is 5. The Balaban J connectivity index is 1.88. The zero-order chi connectivity index (χ0) is 19.3. The van der Waals surface area contributed by atoms with Gasteiger partial charge in [-0.25, -0.2) is 0 Å². The van der Waals surface area contributed by atoms with E-state index in [1.54, 1.807) is 0 Å². The van der Waals surface area contributed by atoms with E-state index in [2.05, 4.69) is 15.5 Å². The second-order valence-corrected chi connectivity index (χ2v) is 5.57. The molecule has 0 aliphatic heterocycles. The summed E-state index contributed by atoms with van der Waals surface area (Å²) in [6.07, 6.45) is -1.93. The molecule has 138 valence electrons. The van der Waals surface area contributed by atoms with Crippen LogP contribution in [0.15, 0.2) is 67.0 Å².